The van der Waals surface area contributed by atoms with E-state index in [1.807, 2.05) is 6.07 Å². The number of aliphatic hydroxyl groups is 1. The molecule has 1 saturated carbocycles. The highest BCUT2D eigenvalue weighted by Gasteiger charge is 2.42. The van der Waals surface area contributed by atoms with E-state index in [4.69, 9.17) is 5.26 Å². The van der Waals surface area contributed by atoms with Crippen molar-refractivity contribution >= 4 is 5.91 Å². The average molecular weight is 168 g/mol. The quantitative estimate of drug-likeness (QED) is 0.606. The molecule has 0 aromatic heterocycles. The van der Waals surface area contributed by atoms with Crippen LogP contribution in [0, 0.1) is 11.3 Å². The molecule has 1 amide bonds. The molecule has 0 bridgehead atoms. The lowest BCUT2D eigenvalue weighted by Crippen LogP contribution is -2.53. The van der Waals surface area contributed by atoms with Crippen molar-refractivity contribution in [1.82, 2.24) is 5.32 Å². The zero-order chi connectivity index (χ0) is 9.19. The van der Waals surface area contributed by atoms with Crippen LogP contribution in [-0.4, -0.2) is 22.7 Å². The molecule has 66 valence electrons. The molecule has 1 rings (SSSR count). The van der Waals surface area contributed by atoms with Gasteiger partial charge in [-0.1, -0.05) is 0 Å². The third kappa shape index (κ3) is 1.56. The average Bonchev–Trinajstić information content (AvgIpc) is 1.99. The smallest absolute Gasteiger partial charge is 0.252 e. The van der Waals surface area contributed by atoms with Gasteiger partial charge in [-0.25, -0.2) is 0 Å². The van der Waals surface area contributed by atoms with E-state index >= 15 is 0 Å². The molecular formula is C8H12N2O2. The summed E-state index contributed by atoms with van der Waals surface area (Å²) in [7, 11) is 0. The second-order valence-corrected chi connectivity index (χ2v) is 3.21. The van der Waals surface area contributed by atoms with Gasteiger partial charge < -0.3 is 10.4 Å². The minimum Gasteiger partial charge on any atom is -0.380 e. The van der Waals surface area contributed by atoms with Gasteiger partial charge in [-0.15, -0.1) is 0 Å². The van der Waals surface area contributed by atoms with Gasteiger partial charge in [-0.2, -0.15) is 5.26 Å². The standard InChI is InChI=1S/C8H12N2O2/c1-6(5-9)10-7(11)8(12)3-2-4-8/h6,12H,2-4H2,1H3,(H,10,11)/t6-/m1/s1. The number of hydrogen-bond donors (Lipinski definition) is 2. The molecule has 0 aliphatic heterocycles. The number of amides is 1. The SMILES string of the molecule is C[C@H](C#N)NC(=O)C1(O)CCC1. The Morgan fingerprint density at radius 2 is 2.33 bits per heavy atom. The van der Waals surface area contributed by atoms with Crippen LogP contribution < -0.4 is 5.32 Å². The summed E-state index contributed by atoms with van der Waals surface area (Å²) in [5.41, 5.74) is -1.19. The van der Waals surface area contributed by atoms with Crippen LogP contribution in [0.3, 0.4) is 0 Å². The van der Waals surface area contributed by atoms with E-state index in [9.17, 15) is 9.90 Å². The van der Waals surface area contributed by atoms with Gasteiger partial charge in [-0.05, 0) is 26.2 Å². The van der Waals surface area contributed by atoms with Crippen LogP contribution >= 0.6 is 0 Å². The molecule has 0 aromatic carbocycles. The lowest BCUT2D eigenvalue weighted by molar-refractivity contribution is -0.148. The Labute approximate surface area is 71.2 Å². The molecule has 0 unspecified atom stereocenters. The number of nitriles is 1. The molecule has 1 fully saturated rings. The molecule has 1 aliphatic carbocycles. The number of hydrogen-bond acceptors (Lipinski definition) is 3. The number of nitrogens with zero attached hydrogens (tertiary/aromatic N) is 1. The van der Waals surface area contributed by atoms with Crippen LogP contribution in [0.15, 0.2) is 0 Å². The van der Waals surface area contributed by atoms with Crippen molar-refractivity contribution in [1.29, 1.82) is 5.26 Å². The predicted octanol–water partition coefficient (Wildman–Crippen LogP) is -0.0703. The lowest BCUT2D eigenvalue weighted by Gasteiger charge is -2.35. The molecule has 0 spiro atoms. The van der Waals surface area contributed by atoms with Crippen LogP contribution in [0.5, 0.6) is 0 Å². The van der Waals surface area contributed by atoms with Crippen molar-refractivity contribution in [2.75, 3.05) is 0 Å². The van der Waals surface area contributed by atoms with Gasteiger partial charge in [0.15, 0.2) is 0 Å². The van der Waals surface area contributed by atoms with E-state index in [2.05, 4.69) is 5.32 Å². The number of nitrogens with one attached hydrogen (secondary N) is 1. The molecule has 2 N–H and O–H groups in total. The van der Waals surface area contributed by atoms with Crippen LogP contribution in [0.25, 0.3) is 0 Å². The molecule has 1 aliphatic rings. The second-order valence-electron chi connectivity index (χ2n) is 3.21. The first-order valence-electron chi connectivity index (χ1n) is 4.01. The fraction of sp³-hybridized carbons (Fsp3) is 0.750. The van der Waals surface area contributed by atoms with Crippen LogP contribution in [-0.2, 0) is 4.79 Å². The first kappa shape index (κ1) is 9.01. The number of carbonyl (C=O) groups is 1. The summed E-state index contributed by atoms with van der Waals surface area (Å²) in [5.74, 6) is -0.414. The van der Waals surface area contributed by atoms with Crippen LogP contribution in [0.2, 0.25) is 0 Å². The highest BCUT2D eigenvalue weighted by atomic mass is 16.3. The summed E-state index contributed by atoms with van der Waals surface area (Å²) in [5, 5.41) is 20.3. The van der Waals surface area contributed by atoms with Gasteiger partial charge in [0.05, 0.1) is 6.07 Å². The number of rotatable bonds is 2. The maximum absolute atomic E-state index is 11.2. The van der Waals surface area contributed by atoms with Gasteiger partial charge >= 0.3 is 0 Å². The van der Waals surface area contributed by atoms with E-state index in [-0.39, 0.29) is 0 Å². The Kier molecular flexibility index (Phi) is 2.34. The number of carbonyl (C=O) groups excluding carboxylic acids is 1. The normalized spacial score (nSPS) is 21.8. The van der Waals surface area contributed by atoms with Crippen molar-refractivity contribution in [3.63, 3.8) is 0 Å². The highest BCUT2D eigenvalue weighted by Crippen LogP contribution is 2.31. The first-order chi connectivity index (χ1) is 5.58. The first-order valence-corrected chi connectivity index (χ1v) is 4.01. The highest BCUT2D eigenvalue weighted by molar-refractivity contribution is 5.86. The fourth-order valence-electron chi connectivity index (χ4n) is 1.10. The monoisotopic (exact) mass is 168 g/mol. The summed E-state index contributed by atoms with van der Waals surface area (Å²) in [4.78, 5) is 11.2. The van der Waals surface area contributed by atoms with E-state index < -0.39 is 17.6 Å². The minimum atomic E-state index is -1.19. The van der Waals surface area contributed by atoms with E-state index in [1.165, 1.54) is 0 Å². The Morgan fingerprint density at radius 3 is 2.67 bits per heavy atom. The summed E-state index contributed by atoms with van der Waals surface area (Å²) in [6.45, 7) is 1.58. The molecule has 0 saturated heterocycles. The van der Waals surface area contributed by atoms with Gasteiger partial charge in [0.1, 0.15) is 11.6 Å². The van der Waals surface area contributed by atoms with Crippen molar-refractivity contribution in [2.24, 2.45) is 0 Å². The van der Waals surface area contributed by atoms with Gasteiger partial charge in [0.2, 0.25) is 0 Å². The van der Waals surface area contributed by atoms with E-state index in [0.717, 1.165) is 6.42 Å². The molecule has 0 heterocycles. The van der Waals surface area contributed by atoms with Gasteiger partial charge in [0.25, 0.3) is 5.91 Å². The Morgan fingerprint density at radius 1 is 1.75 bits per heavy atom. The minimum absolute atomic E-state index is 0.414. The molecule has 4 heteroatoms. The topological polar surface area (TPSA) is 73.1 Å². The zero-order valence-corrected chi connectivity index (χ0v) is 7.00. The Bertz CT molecular complexity index is 228. The molecule has 12 heavy (non-hydrogen) atoms. The fourth-order valence-corrected chi connectivity index (χ4v) is 1.10. The summed E-state index contributed by atoms with van der Waals surface area (Å²) >= 11 is 0. The van der Waals surface area contributed by atoms with Gasteiger partial charge in [0, 0.05) is 0 Å². The third-order valence-electron chi connectivity index (χ3n) is 2.14. The summed E-state index contributed by atoms with van der Waals surface area (Å²) < 4.78 is 0. The van der Waals surface area contributed by atoms with Crippen molar-refractivity contribution in [3.8, 4) is 6.07 Å². The maximum Gasteiger partial charge on any atom is 0.252 e. The molecule has 4 nitrogen and oxygen atoms in total. The molecule has 0 radical (unpaired) electrons. The van der Waals surface area contributed by atoms with Crippen molar-refractivity contribution < 1.29 is 9.90 Å². The summed E-state index contributed by atoms with van der Waals surface area (Å²) in [6.07, 6.45) is 1.90. The third-order valence-corrected chi connectivity index (χ3v) is 2.14. The Balaban J connectivity index is 2.44. The molecule has 0 aromatic rings. The maximum atomic E-state index is 11.2. The zero-order valence-electron chi connectivity index (χ0n) is 7.00. The second kappa shape index (κ2) is 3.11. The lowest BCUT2D eigenvalue weighted by atomic mass is 9.79. The predicted molar refractivity (Wildman–Crippen MR) is 42.0 cm³/mol. The largest absolute Gasteiger partial charge is 0.380 e. The van der Waals surface area contributed by atoms with Crippen LogP contribution in [0.4, 0.5) is 0 Å². The summed E-state index contributed by atoms with van der Waals surface area (Å²) in [6, 6.07) is 1.35. The van der Waals surface area contributed by atoms with Crippen LogP contribution in [0.1, 0.15) is 26.2 Å². The van der Waals surface area contributed by atoms with E-state index in [1.54, 1.807) is 6.92 Å². The molecule has 1 atom stereocenters. The molecular weight excluding hydrogens is 156 g/mol. The van der Waals surface area contributed by atoms with Crippen molar-refractivity contribution in [2.45, 2.75) is 37.8 Å². The van der Waals surface area contributed by atoms with E-state index in [0.29, 0.717) is 12.8 Å². The Hall–Kier alpha value is -1.08. The van der Waals surface area contributed by atoms with Crippen molar-refractivity contribution in [3.05, 3.63) is 0 Å². The van der Waals surface area contributed by atoms with Gasteiger partial charge in [-0.3, -0.25) is 4.79 Å².